The summed E-state index contributed by atoms with van der Waals surface area (Å²) in [4.78, 5) is 0. The Bertz CT molecular complexity index is 239. The van der Waals surface area contributed by atoms with E-state index in [2.05, 4.69) is 5.32 Å². The summed E-state index contributed by atoms with van der Waals surface area (Å²) in [5, 5.41) is 3.90. The van der Waals surface area contributed by atoms with Crippen molar-refractivity contribution in [3.05, 3.63) is 0 Å². The van der Waals surface area contributed by atoms with Crippen molar-refractivity contribution >= 4 is 17.3 Å². The molecule has 0 amide bonds. The van der Waals surface area contributed by atoms with Crippen molar-refractivity contribution in [1.82, 2.24) is 5.32 Å². The Morgan fingerprint density at radius 1 is 1.07 bits per heavy atom. The molecule has 0 saturated heterocycles. The standard InChI is InChI=1S/C11H18N2S/c12-10(14)13-11-4-7-1-8(5-11)3-9(2-7)6-11/h7-9H,1-6H2,(H3,12,13,14). The first kappa shape index (κ1) is 8.96. The first-order valence-corrected chi connectivity index (χ1v) is 6.14. The highest BCUT2D eigenvalue weighted by Crippen LogP contribution is 2.55. The number of thiocarbonyl (C=S) groups is 1. The van der Waals surface area contributed by atoms with E-state index in [1.54, 1.807) is 0 Å². The second kappa shape index (κ2) is 2.84. The smallest absolute Gasteiger partial charge is 0.164 e. The van der Waals surface area contributed by atoms with Crippen molar-refractivity contribution in [2.45, 2.75) is 44.1 Å². The lowest BCUT2D eigenvalue weighted by atomic mass is 9.53. The fourth-order valence-corrected chi connectivity index (χ4v) is 4.74. The molecule has 4 rings (SSSR count). The Hall–Kier alpha value is -0.310. The van der Waals surface area contributed by atoms with Crippen LogP contribution in [-0.2, 0) is 0 Å². The summed E-state index contributed by atoms with van der Waals surface area (Å²) in [6.07, 6.45) is 8.36. The fourth-order valence-electron chi connectivity index (χ4n) is 4.53. The molecule has 78 valence electrons. The maximum Gasteiger partial charge on any atom is 0.164 e. The molecule has 4 aliphatic carbocycles. The van der Waals surface area contributed by atoms with Crippen molar-refractivity contribution in [3.63, 3.8) is 0 Å². The van der Waals surface area contributed by atoms with Crippen LogP contribution in [0.5, 0.6) is 0 Å². The van der Waals surface area contributed by atoms with Gasteiger partial charge >= 0.3 is 0 Å². The zero-order valence-electron chi connectivity index (χ0n) is 8.46. The minimum Gasteiger partial charge on any atom is -0.376 e. The van der Waals surface area contributed by atoms with Crippen molar-refractivity contribution in [3.8, 4) is 0 Å². The van der Waals surface area contributed by atoms with Gasteiger partial charge in [0.15, 0.2) is 5.11 Å². The van der Waals surface area contributed by atoms with Crippen LogP contribution < -0.4 is 11.1 Å². The number of rotatable bonds is 1. The van der Waals surface area contributed by atoms with Crippen molar-refractivity contribution < 1.29 is 0 Å². The highest BCUT2D eigenvalue weighted by atomic mass is 32.1. The Labute approximate surface area is 90.6 Å². The molecule has 0 aliphatic heterocycles. The van der Waals surface area contributed by atoms with Gasteiger partial charge in [0.25, 0.3) is 0 Å². The molecule has 14 heavy (non-hydrogen) atoms. The molecule has 0 atom stereocenters. The van der Waals surface area contributed by atoms with E-state index in [-0.39, 0.29) is 0 Å². The summed E-state index contributed by atoms with van der Waals surface area (Å²) >= 11 is 5.00. The monoisotopic (exact) mass is 210 g/mol. The first-order chi connectivity index (χ1) is 6.65. The summed E-state index contributed by atoms with van der Waals surface area (Å²) in [5.41, 5.74) is 5.94. The maximum absolute atomic E-state index is 5.63. The van der Waals surface area contributed by atoms with Gasteiger partial charge in [0.1, 0.15) is 0 Å². The van der Waals surface area contributed by atoms with Gasteiger partial charge in [0, 0.05) is 5.54 Å². The van der Waals surface area contributed by atoms with Crippen LogP contribution in [0.15, 0.2) is 0 Å². The number of hydrogen-bond donors (Lipinski definition) is 2. The highest BCUT2D eigenvalue weighted by molar-refractivity contribution is 7.80. The maximum atomic E-state index is 5.63. The molecule has 0 unspecified atom stereocenters. The van der Waals surface area contributed by atoms with Gasteiger partial charge in [0.05, 0.1) is 0 Å². The average Bonchev–Trinajstić information content (AvgIpc) is 1.96. The molecule has 3 N–H and O–H groups in total. The quantitative estimate of drug-likeness (QED) is 0.648. The lowest BCUT2D eigenvalue weighted by Gasteiger charge is -2.57. The Morgan fingerprint density at radius 2 is 1.50 bits per heavy atom. The molecule has 0 spiro atoms. The Kier molecular flexibility index (Phi) is 1.82. The van der Waals surface area contributed by atoms with Crippen LogP contribution in [0, 0.1) is 17.8 Å². The van der Waals surface area contributed by atoms with Crippen LogP contribution in [0.2, 0.25) is 0 Å². The molecule has 4 aliphatic rings. The molecule has 3 heteroatoms. The molecule has 0 aromatic carbocycles. The summed E-state index contributed by atoms with van der Waals surface area (Å²) in [5.74, 6) is 2.88. The van der Waals surface area contributed by atoms with E-state index in [9.17, 15) is 0 Å². The summed E-state index contributed by atoms with van der Waals surface area (Å²) in [6.45, 7) is 0. The summed E-state index contributed by atoms with van der Waals surface area (Å²) in [6, 6.07) is 0. The predicted octanol–water partition coefficient (Wildman–Crippen LogP) is 1.79. The molecule has 4 bridgehead atoms. The lowest BCUT2D eigenvalue weighted by Crippen LogP contribution is -2.60. The second-order valence-corrected chi connectivity index (χ2v) is 6.13. The van der Waals surface area contributed by atoms with Crippen molar-refractivity contribution in [2.75, 3.05) is 0 Å². The van der Waals surface area contributed by atoms with Gasteiger partial charge < -0.3 is 11.1 Å². The molecule has 4 saturated carbocycles. The third-order valence-corrected chi connectivity index (χ3v) is 4.53. The van der Waals surface area contributed by atoms with Crippen LogP contribution in [0.4, 0.5) is 0 Å². The molecule has 0 aromatic rings. The first-order valence-electron chi connectivity index (χ1n) is 5.73. The molecular formula is C11H18N2S. The van der Waals surface area contributed by atoms with E-state index in [0.29, 0.717) is 10.7 Å². The molecule has 4 fully saturated rings. The third-order valence-electron chi connectivity index (χ3n) is 4.43. The average molecular weight is 210 g/mol. The van der Waals surface area contributed by atoms with E-state index in [1.807, 2.05) is 0 Å². The number of nitrogens with two attached hydrogens (primary N) is 1. The Morgan fingerprint density at radius 3 is 1.86 bits per heavy atom. The molecule has 0 heterocycles. The predicted molar refractivity (Wildman–Crippen MR) is 60.8 cm³/mol. The normalized spacial score (nSPS) is 49.3. The molecule has 0 aromatic heterocycles. The van der Waals surface area contributed by atoms with E-state index >= 15 is 0 Å². The zero-order valence-corrected chi connectivity index (χ0v) is 9.28. The zero-order chi connectivity index (χ0) is 9.76. The van der Waals surface area contributed by atoms with Gasteiger partial charge in [0.2, 0.25) is 0 Å². The summed E-state index contributed by atoms with van der Waals surface area (Å²) < 4.78 is 0. The van der Waals surface area contributed by atoms with Crippen LogP contribution in [0.3, 0.4) is 0 Å². The van der Waals surface area contributed by atoms with E-state index < -0.39 is 0 Å². The van der Waals surface area contributed by atoms with Gasteiger partial charge in [-0.15, -0.1) is 0 Å². The third kappa shape index (κ3) is 1.33. The van der Waals surface area contributed by atoms with Crippen molar-refractivity contribution in [2.24, 2.45) is 23.5 Å². The topological polar surface area (TPSA) is 38.0 Å². The van der Waals surface area contributed by atoms with E-state index in [1.165, 1.54) is 38.5 Å². The minimum absolute atomic E-state index is 0.306. The SMILES string of the molecule is NC(=S)NC12CC3CC(CC(C3)C1)C2. The van der Waals surface area contributed by atoms with Crippen molar-refractivity contribution in [1.29, 1.82) is 0 Å². The number of hydrogen-bond acceptors (Lipinski definition) is 1. The van der Waals surface area contributed by atoms with Crippen LogP contribution in [-0.4, -0.2) is 10.7 Å². The summed E-state index contributed by atoms with van der Waals surface area (Å²) in [7, 11) is 0. The fraction of sp³-hybridized carbons (Fsp3) is 0.909. The van der Waals surface area contributed by atoms with Gasteiger partial charge in [-0.25, -0.2) is 0 Å². The van der Waals surface area contributed by atoms with Crippen LogP contribution >= 0.6 is 12.2 Å². The van der Waals surface area contributed by atoms with Crippen LogP contribution in [0.1, 0.15) is 38.5 Å². The largest absolute Gasteiger partial charge is 0.376 e. The van der Waals surface area contributed by atoms with Gasteiger partial charge in [-0.1, -0.05) is 0 Å². The Balaban J connectivity index is 1.83. The van der Waals surface area contributed by atoms with E-state index in [4.69, 9.17) is 18.0 Å². The lowest BCUT2D eigenvalue weighted by molar-refractivity contribution is -0.00986. The van der Waals surface area contributed by atoms with Gasteiger partial charge in [-0.3, -0.25) is 0 Å². The van der Waals surface area contributed by atoms with Gasteiger partial charge in [-0.05, 0) is 68.5 Å². The highest BCUT2D eigenvalue weighted by Gasteiger charge is 2.50. The van der Waals surface area contributed by atoms with E-state index in [0.717, 1.165) is 17.8 Å². The number of nitrogens with one attached hydrogen (secondary N) is 1. The molecule has 2 nitrogen and oxygen atoms in total. The van der Waals surface area contributed by atoms with Crippen LogP contribution in [0.25, 0.3) is 0 Å². The second-order valence-electron chi connectivity index (χ2n) is 5.69. The minimum atomic E-state index is 0.306. The molecule has 0 radical (unpaired) electrons. The molecular weight excluding hydrogens is 192 g/mol. The van der Waals surface area contributed by atoms with Gasteiger partial charge in [-0.2, -0.15) is 0 Å².